The number of hydrogen-bond acceptors (Lipinski definition) is 3. The second-order valence-electron chi connectivity index (χ2n) is 3.02. The van der Waals surface area contributed by atoms with Crippen LogP contribution in [0, 0.1) is 6.92 Å². The van der Waals surface area contributed by atoms with E-state index in [-0.39, 0.29) is 0 Å². The highest BCUT2D eigenvalue weighted by molar-refractivity contribution is 7.13. The summed E-state index contributed by atoms with van der Waals surface area (Å²) in [6.45, 7) is 2.08. The number of rotatable bonds is 2. The van der Waals surface area contributed by atoms with Crippen molar-refractivity contribution in [3.8, 4) is 16.3 Å². The van der Waals surface area contributed by atoms with Gasteiger partial charge in [-0.05, 0) is 24.6 Å². The maximum absolute atomic E-state index is 5.18. The lowest BCUT2D eigenvalue weighted by atomic mass is 10.1. The lowest BCUT2D eigenvalue weighted by Crippen LogP contribution is -1.86. The molecule has 1 aromatic carbocycles. The molecule has 0 saturated heterocycles. The zero-order valence-corrected chi connectivity index (χ0v) is 8.97. The average Bonchev–Trinajstić information content (AvgIpc) is 2.71. The molecule has 3 heteroatoms. The number of aryl methyl sites for hydroxylation is 1. The number of aromatic nitrogens is 1. The third kappa shape index (κ3) is 1.63. The second kappa shape index (κ2) is 3.80. The molecule has 0 atom stereocenters. The zero-order valence-electron chi connectivity index (χ0n) is 8.15. The second-order valence-corrected chi connectivity index (χ2v) is 3.91. The maximum Gasteiger partial charge on any atom is 0.123 e. The Morgan fingerprint density at radius 2 is 2.21 bits per heavy atom. The average molecular weight is 205 g/mol. The highest BCUT2D eigenvalue weighted by Gasteiger charge is 2.05. The van der Waals surface area contributed by atoms with Crippen LogP contribution in [0.25, 0.3) is 10.6 Å². The van der Waals surface area contributed by atoms with Crippen molar-refractivity contribution in [1.29, 1.82) is 0 Å². The first-order chi connectivity index (χ1) is 6.81. The predicted octanol–water partition coefficient (Wildman–Crippen LogP) is 3.13. The summed E-state index contributed by atoms with van der Waals surface area (Å²) < 4.78 is 5.18. The Bertz CT molecular complexity index is 423. The largest absolute Gasteiger partial charge is 0.497 e. The molecule has 1 heterocycles. The van der Waals surface area contributed by atoms with Gasteiger partial charge in [-0.15, -0.1) is 11.3 Å². The first-order valence-electron chi connectivity index (χ1n) is 4.36. The molecule has 0 fully saturated rings. The van der Waals surface area contributed by atoms with Crippen molar-refractivity contribution in [3.05, 3.63) is 35.3 Å². The van der Waals surface area contributed by atoms with Crippen molar-refractivity contribution in [2.24, 2.45) is 0 Å². The Morgan fingerprint density at radius 3 is 2.86 bits per heavy atom. The van der Waals surface area contributed by atoms with Gasteiger partial charge in [0.2, 0.25) is 0 Å². The van der Waals surface area contributed by atoms with Gasteiger partial charge in [0.1, 0.15) is 10.8 Å². The number of benzene rings is 1. The molecule has 14 heavy (non-hydrogen) atoms. The number of thiazole rings is 1. The molecule has 0 radical (unpaired) electrons. The van der Waals surface area contributed by atoms with Crippen molar-refractivity contribution >= 4 is 11.3 Å². The predicted molar refractivity (Wildman–Crippen MR) is 58.8 cm³/mol. The summed E-state index contributed by atoms with van der Waals surface area (Å²) in [5, 5.41) is 3.02. The van der Waals surface area contributed by atoms with Crippen LogP contribution >= 0.6 is 11.3 Å². The lowest BCUT2D eigenvalue weighted by molar-refractivity contribution is 0.415. The van der Waals surface area contributed by atoms with Crippen LogP contribution in [0.2, 0.25) is 0 Å². The quantitative estimate of drug-likeness (QED) is 0.751. The fraction of sp³-hybridized carbons (Fsp3) is 0.182. The van der Waals surface area contributed by atoms with Gasteiger partial charge in [-0.25, -0.2) is 4.98 Å². The van der Waals surface area contributed by atoms with Crippen molar-refractivity contribution in [2.75, 3.05) is 7.11 Å². The van der Waals surface area contributed by atoms with Crippen molar-refractivity contribution in [2.45, 2.75) is 6.92 Å². The van der Waals surface area contributed by atoms with E-state index in [9.17, 15) is 0 Å². The molecule has 0 spiro atoms. The number of ether oxygens (including phenoxy) is 1. The molecule has 0 aliphatic heterocycles. The molecule has 72 valence electrons. The van der Waals surface area contributed by atoms with Crippen LogP contribution in [0.15, 0.2) is 29.8 Å². The molecule has 2 nitrogen and oxygen atoms in total. The molecule has 2 rings (SSSR count). The Labute approximate surface area is 87.2 Å². The van der Waals surface area contributed by atoms with E-state index in [0.717, 1.165) is 16.3 Å². The van der Waals surface area contributed by atoms with Crippen LogP contribution in [0.4, 0.5) is 0 Å². The first-order valence-corrected chi connectivity index (χ1v) is 5.24. The van der Waals surface area contributed by atoms with E-state index in [4.69, 9.17) is 4.74 Å². The van der Waals surface area contributed by atoms with Gasteiger partial charge in [0.15, 0.2) is 0 Å². The zero-order chi connectivity index (χ0) is 9.97. The molecule has 0 amide bonds. The Morgan fingerprint density at radius 1 is 1.36 bits per heavy atom. The van der Waals surface area contributed by atoms with Crippen molar-refractivity contribution in [1.82, 2.24) is 4.98 Å². The van der Waals surface area contributed by atoms with Gasteiger partial charge in [0.25, 0.3) is 0 Å². The Balaban J connectivity index is 2.51. The van der Waals surface area contributed by atoms with Gasteiger partial charge in [-0.2, -0.15) is 0 Å². The SMILES string of the molecule is COc1ccc(C)c(-c2nccs2)c1. The lowest BCUT2D eigenvalue weighted by Gasteiger charge is -2.05. The monoisotopic (exact) mass is 205 g/mol. The van der Waals surface area contributed by atoms with E-state index in [1.807, 2.05) is 23.7 Å². The minimum Gasteiger partial charge on any atom is -0.497 e. The Hall–Kier alpha value is -1.35. The molecule has 0 bridgehead atoms. The van der Waals surface area contributed by atoms with Gasteiger partial charge >= 0.3 is 0 Å². The maximum atomic E-state index is 5.18. The smallest absolute Gasteiger partial charge is 0.123 e. The van der Waals surface area contributed by atoms with Crippen LogP contribution in [0.1, 0.15) is 5.56 Å². The topological polar surface area (TPSA) is 22.1 Å². The van der Waals surface area contributed by atoms with Gasteiger partial charge in [-0.3, -0.25) is 0 Å². The highest BCUT2D eigenvalue weighted by Crippen LogP contribution is 2.28. The summed E-state index contributed by atoms with van der Waals surface area (Å²) in [4.78, 5) is 4.29. The van der Waals surface area contributed by atoms with Crippen molar-refractivity contribution < 1.29 is 4.74 Å². The first kappa shape index (κ1) is 9.21. The summed E-state index contributed by atoms with van der Waals surface area (Å²) in [7, 11) is 1.68. The van der Waals surface area contributed by atoms with Crippen LogP contribution in [0.5, 0.6) is 5.75 Å². The standard InChI is InChI=1S/C11H11NOS/c1-8-3-4-9(13-2)7-10(8)11-12-5-6-14-11/h3-7H,1-2H3. The van der Waals surface area contributed by atoms with E-state index in [1.165, 1.54) is 5.56 Å². The molecule has 2 aromatic rings. The summed E-state index contributed by atoms with van der Waals surface area (Å²) in [6, 6.07) is 6.04. The fourth-order valence-corrected chi connectivity index (χ4v) is 2.03. The highest BCUT2D eigenvalue weighted by atomic mass is 32.1. The van der Waals surface area contributed by atoms with Crippen LogP contribution in [-0.4, -0.2) is 12.1 Å². The molecule has 0 unspecified atom stereocenters. The van der Waals surface area contributed by atoms with E-state index < -0.39 is 0 Å². The summed E-state index contributed by atoms with van der Waals surface area (Å²) in [6.07, 6.45) is 1.82. The Kier molecular flexibility index (Phi) is 2.50. The van der Waals surface area contributed by atoms with Crippen LogP contribution in [-0.2, 0) is 0 Å². The molecule has 0 N–H and O–H groups in total. The van der Waals surface area contributed by atoms with E-state index in [2.05, 4.69) is 18.0 Å². The molecule has 0 aliphatic rings. The summed E-state index contributed by atoms with van der Waals surface area (Å²) in [5.74, 6) is 0.876. The minimum absolute atomic E-state index is 0.876. The van der Waals surface area contributed by atoms with Gasteiger partial charge < -0.3 is 4.74 Å². The van der Waals surface area contributed by atoms with Crippen LogP contribution < -0.4 is 4.74 Å². The third-order valence-electron chi connectivity index (χ3n) is 2.11. The molecule has 1 aromatic heterocycles. The molecular formula is C11H11NOS. The number of nitrogens with zero attached hydrogens (tertiary/aromatic N) is 1. The van der Waals surface area contributed by atoms with E-state index >= 15 is 0 Å². The third-order valence-corrected chi connectivity index (χ3v) is 2.91. The van der Waals surface area contributed by atoms with E-state index in [0.29, 0.717) is 0 Å². The van der Waals surface area contributed by atoms with Gasteiger partial charge in [0.05, 0.1) is 7.11 Å². The van der Waals surface area contributed by atoms with Gasteiger partial charge in [-0.1, -0.05) is 6.07 Å². The van der Waals surface area contributed by atoms with Crippen molar-refractivity contribution in [3.63, 3.8) is 0 Å². The normalized spacial score (nSPS) is 10.1. The fourth-order valence-electron chi connectivity index (χ4n) is 1.31. The van der Waals surface area contributed by atoms with E-state index in [1.54, 1.807) is 18.4 Å². The van der Waals surface area contributed by atoms with Gasteiger partial charge in [0, 0.05) is 17.1 Å². The summed E-state index contributed by atoms with van der Waals surface area (Å²) >= 11 is 1.64. The van der Waals surface area contributed by atoms with Crippen LogP contribution in [0.3, 0.4) is 0 Å². The summed E-state index contributed by atoms with van der Waals surface area (Å²) in [5.41, 5.74) is 2.38. The molecular weight excluding hydrogens is 194 g/mol. The number of methoxy groups -OCH3 is 1. The number of hydrogen-bond donors (Lipinski definition) is 0. The molecule has 0 saturated carbocycles. The minimum atomic E-state index is 0.876. The molecule has 0 aliphatic carbocycles.